The highest BCUT2D eigenvalue weighted by Gasteiger charge is 2.43. The van der Waals surface area contributed by atoms with Gasteiger partial charge in [-0.1, -0.05) is 0 Å². The molecule has 1 aliphatic carbocycles. The summed E-state index contributed by atoms with van der Waals surface area (Å²) in [5, 5.41) is 12.5. The highest BCUT2D eigenvalue weighted by atomic mass is 19.1. The van der Waals surface area contributed by atoms with Gasteiger partial charge in [-0.15, -0.1) is 0 Å². The Morgan fingerprint density at radius 3 is 2.89 bits per heavy atom. The number of aromatic nitrogens is 2. The van der Waals surface area contributed by atoms with Crippen molar-refractivity contribution in [3.8, 4) is 0 Å². The van der Waals surface area contributed by atoms with Gasteiger partial charge in [0.1, 0.15) is 11.2 Å². The molecule has 2 aromatic rings. The van der Waals surface area contributed by atoms with Gasteiger partial charge in [-0.25, -0.2) is 14.2 Å². The minimum atomic E-state index is -1.36. The van der Waals surface area contributed by atoms with E-state index in [2.05, 4.69) is 15.3 Å². The number of hydrogen-bond donors (Lipinski definition) is 3. The van der Waals surface area contributed by atoms with Crippen LogP contribution in [0.25, 0.3) is 11.0 Å². The van der Waals surface area contributed by atoms with Gasteiger partial charge in [-0.05, 0) is 25.8 Å². The van der Waals surface area contributed by atoms with E-state index in [1.54, 1.807) is 0 Å². The van der Waals surface area contributed by atoms with Crippen LogP contribution < -0.4 is 15.6 Å². The molecule has 3 N–H and O–H groups in total. The van der Waals surface area contributed by atoms with Crippen LogP contribution >= 0.6 is 0 Å². The second kappa shape index (κ2) is 7.14. The highest BCUT2D eigenvalue weighted by Crippen LogP contribution is 2.36. The summed E-state index contributed by atoms with van der Waals surface area (Å²) >= 11 is 0. The molecule has 2 aromatic heterocycles. The molecule has 9 heteroatoms. The minimum absolute atomic E-state index is 0.0634. The Hall–Kier alpha value is -2.52. The second-order valence-electron chi connectivity index (χ2n) is 7.60. The number of carbonyl (C=O) groups is 1. The number of fused-ring (bicyclic) bond motifs is 1. The molecule has 0 aromatic carbocycles. The molecule has 2 fully saturated rings. The number of nitrogens with zero attached hydrogens (tertiary/aromatic N) is 2. The molecule has 4 rings (SSSR count). The molecule has 0 atom stereocenters. The lowest BCUT2D eigenvalue weighted by Gasteiger charge is -2.41. The Bertz CT molecular complexity index is 966. The molecular weight excluding hydrogens is 367 g/mol. The second-order valence-corrected chi connectivity index (χ2v) is 7.60. The van der Waals surface area contributed by atoms with Crippen molar-refractivity contribution in [1.29, 1.82) is 0 Å². The summed E-state index contributed by atoms with van der Waals surface area (Å²) in [7, 11) is 0. The lowest BCUT2D eigenvalue weighted by molar-refractivity contribution is 0.0695. The van der Waals surface area contributed by atoms with E-state index in [1.165, 1.54) is 0 Å². The number of hydrogen-bond acceptors (Lipinski definition) is 6. The first-order valence-corrected chi connectivity index (χ1v) is 9.45. The monoisotopic (exact) mass is 390 g/mol. The van der Waals surface area contributed by atoms with Crippen LogP contribution in [0.4, 0.5) is 10.2 Å². The Balaban J connectivity index is 1.42. The molecule has 8 nitrogen and oxygen atoms in total. The SMILES string of the molecule is CCOCC1(NCC2CN(c3nc4[nH]cc(C(=O)O)c(=O)c4cc3F)C2)CC1. The lowest BCUT2D eigenvalue weighted by Crippen LogP contribution is -2.53. The maximum absolute atomic E-state index is 14.5. The quantitative estimate of drug-likeness (QED) is 0.625. The van der Waals surface area contributed by atoms with Gasteiger partial charge in [0.05, 0.1) is 12.0 Å². The summed E-state index contributed by atoms with van der Waals surface area (Å²) in [5.41, 5.74) is -0.877. The number of halogens is 1. The third-order valence-corrected chi connectivity index (χ3v) is 5.49. The van der Waals surface area contributed by atoms with Gasteiger partial charge >= 0.3 is 5.97 Å². The molecule has 2 aliphatic rings. The van der Waals surface area contributed by atoms with Gasteiger partial charge < -0.3 is 25.0 Å². The van der Waals surface area contributed by atoms with Crippen molar-refractivity contribution in [1.82, 2.24) is 15.3 Å². The van der Waals surface area contributed by atoms with E-state index in [9.17, 15) is 14.0 Å². The fraction of sp³-hybridized carbons (Fsp3) is 0.526. The van der Waals surface area contributed by atoms with E-state index in [1.807, 2.05) is 11.8 Å². The van der Waals surface area contributed by atoms with Crippen LogP contribution in [0.2, 0.25) is 0 Å². The number of rotatable bonds is 8. The summed E-state index contributed by atoms with van der Waals surface area (Å²) in [5.74, 6) is -1.41. The number of pyridine rings is 2. The van der Waals surface area contributed by atoms with Crippen LogP contribution in [0.3, 0.4) is 0 Å². The summed E-state index contributed by atoms with van der Waals surface area (Å²) in [6.45, 7) is 5.61. The van der Waals surface area contributed by atoms with Crippen molar-refractivity contribution in [3.63, 3.8) is 0 Å². The molecular formula is C19H23FN4O4. The number of aromatic carboxylic acids is 1. The van der Waals surface area contributed by atoms with Crippen LogP contribution in [0, 0.1) is 11.7 Å². The minimum Gasteiger partial charge on any atom is -0.477 e. The number of nitrogens with one attached hydrogen (secondary N) is 2. The molecule has 3 heterocycles. The first kappa shape index (κ1) is 18.8. The maximum atomic E-state index is 14.5. The zero-order valence-electron chi connectivity index (χ0n) is 15.6. The Kier molecular flexibility index (Phi) is 4.80. The predicted molar refractivity (Wildman–Crippen MR) is 101 cm³/mol. The summed E-state index contributed by atoms with van der Waals surface area (Å²) in [6.07, 6.45) is 3.34. The van der Waals surface area contributed by atoms with Crippen molar-refractivity contribution < 1.29 is 19.0 Å². The van der Waals surface area contributed by atoms with E-state index in [0.29, 0.717) is 25.6 Å². The molecule has 28 heavy (non-hydrogen) atoms. The van der Waals surface area contributed by atoms with Crippen molar-refractivity contribution in [2.75, 3.05) is 37.7 Å². The van der Waals surface area contributed by atoms with Crippen LogP contribution in [-0.2, 0) is 4.74 Å². The molecule has 1 saturated carbocycles. The summed E-state index contributed by atoms with van der Waals surface area (Å²) < 4.78 is 20.0. The predicted octanol–water partition coefficient (Wildman–Crippen LogP) is 1.36. The average Bonchev–Trinajstić information content (AvgIpc) is 3.40. The third-order valence-electron chi connectivity index (χ3n) is 5.49. The molecule has 0 spiro atoms. The first-order chi connectivity index (χ1) is 13.4. The van der Waals surface area contributed by atoms with E-state index in [0.717, 1.165) is 38.3 Å². The number of anilines is 1. The molecule has 0 unspecified atom stereocenters. The van der Waals surface area contributed by atoms with E-state index in [4.69, 9.17) is 9.84 Å². The lowest BCUT2D eigenvalue weighted by atomic mass is 9.99. The standard InChI is InChI=1S/C19H23FN4O4/c1-2-28-10-19(3-4-19)22-6-11-8-24(9-11)17-14(20)5-12-15(25)13(18(26)27)7-21-16(12)23-17/h5,7,11,22H,2-4,6,8-10H2,1H3,(H,26,27)(H,21,23,25). The number of ether oxygens (including phenoxy) is 1. The van der Waals surface area contributed by atoms with Gasteiger partial charge in [0.2, 0.25) is 5.43 Å². The molecule has 1 saturated heterocycles. The first-order valence-electron chi connectivity index (χ1n) is 9.45. The zero-order chi connectivity index (χ0) is 19.9. The number of carboxylic acid groups (broad SMARTS) is 1. The average molecular weight is 390 g/mol. The van der Waals surface area contributed by atoms with Crippen LogP contribution in [0.5, 0.6) is 0 Å². The van der Waals surface area contributed by atoms with Crippen molar-refractivity contribution in [2.45, 2.75) is 25.3 Å². The van der Waals surface area contributed by atoms with Gasteiger partial charge in [0.15, 0.2) is 11.6 Å². The van der Waals surface area contributed by atoms with Gasteiger partial charge in [-0.3, -0.25) is 4.79 Å². The van der Waals surface area contributed by atoms with E-state index in [-0.39, 0.29) is 22.4 Å². The fourth-order valence-electron chi connectivity index (χ4n) is 3.55. The zero-order valence-corrected chi connectivity index (χ0v) is 15.6. The highest BCUT2D eigenvalue weighted by molar-refractivity contribution is 5.91. The maximum Gasteiger partial charge on any atom is 0.341 e. The van der Waals surface area contributed by atoms with Crippen molar-refractivity contribution in [2.24, 2.45) is 5.92 Å². The van der Waals surface area contributed by atoms with Crippen molar-refractivity contribution >= 4 is 22.8 Å². The summed E-state index contributed by atoms with van der Waals surface area (Å²) in [4.78, 5) is 31.9. The van der Waals surface area contributed by atoms with E-state index >= 15 is 0 Å². The van der Waals surface area contributed by atoms with Gasteiger partial charge in [-0.2, -0.15) is 0 Å². The molecule has 150 valence electrons. The van der Waals surface area contributed by atoms with Gasteiger partial charge in [0.25, 0.3) is 0 Å². The Labute approximate surface area is 160 Å². The van der Waals surface area contributed by atoms with Crippen molar-refractivity contribution in [3.05, 3.63) is 33.9 Å². The smallest absolute Gasteiger partial charge is 0.341 e. The van der Waals surface area contributed by atoms with Crippen LogP contribution in [0.1, 0.15) is 30.1 Å². The number of aromatic amines is 1. The molecule has 0 radical (unpaired) electrons. The molecule has 1 aliphatic heterocycles. The normalized spacial score (nSPS) is 18.3. The summed E-state index contributed by atoms with van der Waals surface area (Å²) in [6, 6.07) is 1.07. The largest absolute Gasteiger partial charge is 0.477 e. The van der Waals surface area contributed by atoms with Gasteiger partial charge in [0, 0.05) is 43.9 Å². The van der Waals surface area contributed by atoms with Crippen LogP contribution in [-0.4, -0.2) is 59.4 Å². The topological polar surface area (TPSA) is 108 Å². The Morgan fingerprint density at radius 2 is 2.25 bits per heavy atom. The third kappa shape index (κ3) is 3.47. The van der Waals surface area contributed by atoms with Crippen LogP contribution in [0.15, 0.2) is 17.1 Å². The number of carboxylic acids is 1. The molecule has 0 amide bonds. The number of H-pyrrole nitrogens is 1. The van der Waals surface area contributed by atoms with E-state index < -0.39 is 22.8 Å². The molecule has 0 bridgehead atoms. The fourth-order valence-corrected chi connectivity index (χ4v) is 3.55. The Morgan fingerprint density at radius 1 is 1.50 bits per heavy atom.